The lowest BCUT2D eigenvalue weighted by atomic mass is 9.98. The van der Waals surface area contributed by atoms with E-state index in [1.165, 1.54) is 11.9 Å². The molecule has 0 N–H and O–H groups in total. The molecule has 0 spiro atoms. The van der Waals surface area contributed by atoms with Crippen molar-refractivity contribution in [3.05, 3.63) is 66.5 Å². The fourth-order valence-corrected chi connectivity index (χ4v) is 3.82. The Morgan fingerprint density at radius 2 is 1.82 bits per heavy atom. The third-order valence-corrected chi connectivity index (χ3v) is 5.79. The van der Waals surface area contributed by atoms with E-state index in [-0.39, 0.29) is 9.89 Å². The summed E-state index contributed by atoms with van der Waals surface area (Å²) in [4.78, 5) is 19.9. The van der Waals surface area contributed by atoms with E-state index in [9.17, 15) is 4.79 Å². The van der Waals surface area contributed by atoms with Crippen molar-refractivity contribution in [1.29, 1.82) is 0 Å². The Balaban J connectivity index is 1.74. The van der Waals surface area contributed by atoms with Gasteiger partial charge in [0.1, 0.15) is 23.6 Å². The van der Waals surface area contributed by atoms with Crippen LogP contribution in [0.4, 0.5) is 0 Å². The molecule has 0 amide bonds. The number of aromatic nitrogens is 2. The molecular formula is C26H25IN2O4. The molecule has 6 nitrogen and oxygen atoms in total. The molecule has 0 fully saturated rings. The number of fused-ring (bicyclic) bond motifs is 1. The minimum atomic E-state index is -0.266. The lowest BCUT2D eigenvalue weighted by Crippen LogP contribution is -2.20. The van der Waals surface area contributed by atoms with Gasteiger partial charge in [-0.1, -0.05) is 61.5 Å². The maximum atomic E-state index is 11.1. The molecule has 0 unspecified atom stereocenters. The summed E-state index contributed by atoms with van der Waals surface area (Å²) >= 11 is 1.77. The van der Waals surface area contributed by atoms with Crippen LogP contribution < -0.4 is 4.74 Å². The van der Waals surface area contributed by atoms with Crippen molar-refractivity contribution in [2.24, 2.45) is 0 Å². The molecule has 0 aliphatic heterocycles. The highest BCUT2D eigenvalue weighted by atomic mass is 127. The standard InChI is InChI=1S/C26H25IN2O4/c1-3-18-9-11-19(12-10-18)22-23-25(32-17(2)15-31-14-13-21(27)30)28-16-29-26(23)33-24(22)20-7-5-4-6-8-20/h4-12,16-17H,3,13-15H2,1-2H3/t17-/m1/s1. The highest BCUT2D eigenvalue weighted by molar-refractivity contribution is 14.1. The monoisotopic (exact) mass is 556 g/mol. The van der Waals surface area contributed by atoms with Crippen molar-refractivity contribution >= 4 is 37.5 Å². The number of nitrogens with zero attached hydrogens (tertiary/aromatic N) is 2. The molecule has 0 saturated carbocycles. The number of ether oxygens (including phenoxy) is 2. The Morgan fingerprint density at radius 3 is 2.52 bits per heavy atom. The smallest absolute Gasteiger partial charge is 0.234 e. The first-order valence-electron chi connectivity index (χ1n) is 10.9. The zero-order chi connectivity index (χ0) is 23.2. The van der Waals surface area contributed by atoms with Gasteiger partial charge in [0, 0.05) is 17.5 Å². The highest BCUT2D eigenvalue weighted by Crippen LogP contribution is 2.43. The molecule has 1 atom stereocenters. The zero-order valence-electron chi connectivity index (χ0n) is 18.6. The van der Waals surface area contributed by atoms with Crippen LogP contribution in [0.25, 0.3) is 33.6 Å². The van der Waals surface area contributed by atoms with Gasteiger partial charge in [0.15, 0.2) is 3.79 Å². The van der Waals surface area contributed by atoms with Crippen molar-refractivity contribution < 1.29 is 18.7 Å². The Bertz CT molecular complexity index is 1220. The molecule has 2 heterocycles. The molecule has 4 aromatic rings. The molecule has 4 rings (SSSR count). The van der Waals surface area contributed by atoms with Crippen molar-refractivity contribution in [2.45, 2.75) is 32.8 Å². The minimum Gasteiger partial charge on any atom is -0.472 e. The number of hydrogen-bond donors (Lipinski definition) is 0. The van der Waals surface area contributed by atoms with E-state index in [1.807, 2.05) is 37.3 Å². The van der Waals surface area contributed by atoms with Crippen molar-refractivity contribution in [1.82, 2.24) is 9.97 Å². The number of carbonyl (C=O) groups excluding carboxylic acids is 1. The summed E-state index contributed by atoms with van der Waals surface area (Å²) in [7, 11) is 0. The predicted octanol–water partition coefficient (Wildman–Crippen LogP) is 6.25. The van der Waals surface area contributed by atoms with Gasteiger partial charge in [-0.15, -0.1) is 0 Å². The predicted molar refractivity (Wildman–Crippen MR) is 137 cm³/mol. The van der Waals surface area contributed by atoms with Gasteiger partial charge >= 0.3 is 0 Å². The van der Waals surface area contributed by atoms with Crippen LogP contribution in [0, 0.1) is 0 Å². The minimum absolute atomic E-state index is 0.0734. The molecule has 2 aromatic heterocycles. The van der Waals surface area contributed by atoms with Gasteiger partial charge in [0.2, 0.25) is 11.6 Å². The lowest BCUT2D eigenvalue weighted by Gasteiger charge is -2.15. The van der Waals surface area contributed by atoms with Gasteiger partial charge in [-0.3, -0.25) is 4.79 Å². The van der Waals surface area contributed by atoms with Gasteiger partial charge in [-0.25, -0.2) is 9.97 Å². The van der Waals surface area contributed by atoms with Crippen LogP contribution in [0.2, 0.25) is 0 Å². The largest absolute Gasteiger partial charge is 0.472 e. The summed E-state index contributed by atoms with van der Waals surface area (Å²) in [5.74, 6) is 1.17. The fourth-order valence-electron chi connectivity index (χ4n) is 3.60. The van der Waals surface area contributed by atoms with E-state index in [1.54, 1.807) is 22.6 Å². The number of aryl methyl sites for hydroxylation is 1. The van der Waals surface area contributed by atoms with E-state index >= 15 is 0 Å². The number of hydrogen-bond acceptors (Lipinski definition) is 6. The molecule has 0 aliphatic rings. The number of rotatable bonds is 10. The number of furan rings is 1. The van der Waals surface area contributed by atoms with E-state index in [2.05, 4.69) is 41.2 Å². The van der Waals surface area contributed by atoms with E-state index < -0.39 is 0 Å². The molecule has 2 aromatic carbocycles. The average Bonchev–Trinajstić information content (AvgIpc) is 3.23. The average molecular weight is 556 g/mol. The molecule has 0 saturated heterocycles. The third kappa shape index (κ3) is 5.59. The van der Waals surface area contributed by atoms with Crippen molar-refractivity contribution in [3.63, 3.8) is 0 Å². The van der Waals surface area contributed by atoms with Gasteiger partial charge in [0.25, 0.3) is 0 Å². The van der Waals surface area contributed by atoms with Crippen LogP contribution >= 0.6 is 22.6 Å². The molecule has 170 valence electrons. The van der Waals surface area contributed by atoms with Crippen molar-refractivity contribution in [2.75, 3.05) is 13.2 Å². The van der Waals surface area contributed by atoms with Crippen LogP contribution in [0.3, 0.4) is 0 Å². The van der Waals surface area contributed by atoms with Crippen LogP contribution in [-0.2, 0) is 16.0 Å². The fraction of sp³-hybridized carbons (Fsp3) is 0.269. The van der Waals surface area contributed by atoms with Crippen molar-refractivity contribution in [3.8, 4) is 28.3 Å². The topological polar surface area (TPSA) is 74.5 Å². The number of benzene rings is 2. The van der Waals surface area contributed by atoms with Crippen LogP contribution in [0.1, 0.15) is 25.8 Å². The lowest BCUT2D eigenvalue weighted by molar-refractivity contribution is -0.110. The number of carbonyl (C=O) groups is 1. The van der Waals surface area contributed by atoms with Crippen LogP contribution in [0.5, 0.6) is 5.88 Å². The first-order valence-corrected chi connectivity index (χ1v) is 12.0. The highest BCUT2D eigenvalue weighted by Gasteiger charge is 2.23. The molecule has 0 aliphatic carbocycles. The molecule has 33 heavy (non-hydrogen) atoms. The maximum absolute atomic E-state index is 11.1. The quantitative estimate of drug-likeness (QED) is 0.131. The molecule has 0 bridgehead atoms. The van der Waals surface area contributed by atoms with Gasteiger partial charge < -0.3 is 13.9 Å². The molecule has 7 heteroatoms. The second kappa shape index (κ2) is 10.9. The third-order valence-electron chi connectivity index (χ3n) is 5.25. The van der Waals surface area contributed by atoms with Crippen LogP contribution in [-0.4, -0.2) is 33.1 Å². The zero-order valence-corrected chi connectivity index (χ0v) is 20.7. The Morgan fingerprint density at radius 1 is 1.06 bits per heavy atom. The summed E-state index contributed by atoms with van der Waals surface area (Å²) in [6.45, 7) is 4.76. The normalized spacial score (nSPS) is 12.1. The maximum Gasteiger partial charge on any atom is 0.234 e. The Kier molecular flexibility index (Phi) is 7.72. The second-order valence-electron chi connectivity index (χ2n) is 7.69. The summed E-state index contributed by atoms with van der Waals surface area (Å²) in [5, 5.41) is 0.731. The Labute approximate surface area is 206 Å². The van der Waals surface area contributed by atoms with E-state index in [4.69, 9.17) is 13.9 Å². The SMILES string of the molecule is CCc1ccc(-c2c(-c3ccccc3)oc3ncnc(O[C@H](C)COCCC(=O)I)c23)cc1. The van der Waals surface area contributed by atoms with Crippen LogP contribution in [0.15, 0.2) is 65.3 Å². The summed E-state index contributed by atoms with van der Waals surface area (Å²) < 4.78 is 18.1. The van der Waals surface area contributed by atoms with E-state index in [0.29, 0.717) is 31.2 Å². The summed E-state index contributed by atoms with van der Waals surface area (Å²) in [6.07, 6.45) is 2.53. The summed E-state index contributed by atoms with van der Waals surface area (Å²) in [5.41, 5.74) is 4.59. The van der Waals surface area contributed by atoms with E-state index in [0.717, 1.165) is 34.3 Å². The number of halogens is 1. The second-order valence-corrected chi connectivity index (χ2v) is 8.89. The molecule has 0 radical (unpaired) electrons. The Hall–Kier alpha value is -2.78. The summed E-state index contributed by atoms with van der Waals surface area (Å²) in [6, 6.07) is 18.4. The van der Waals surface area contributed by atoms with Gasteiger partial charge in [-0.2, -0.15) is 0 Å². The first kappa shape index (κ1) is 23.4. The van der Waals surface area contributed by atoms with Gasteiger partial charge in [-0.05, 0) is 47.1 Å². The van der Waals surface area contributed by atoms with Gasteiger partial charge in [0.05, 0.1) is 13.2 Å². The first-order chi connectivity index (χ1) is 16.1. The molecular weight excluding hydrogens is 531 g/mol.